The van der Waals surface area contributed by atoms with E-state index in [9.17, 15) is 9.59 Å². The molecule has 0 spiro atoms. The highest BCUT2D eigenvalue weighted by molar-refractivity contribution is 5.67. The Morgan fingerprint density at radius 2 is 2.22 bits per heavy atom. The largest absolute Gasteiger partial charge is 0.481 e. The molecule has 52 valence electrons. The molecule has 0 aromatic rings. The van der Waals surface area contributed by atoms with Crippen LogP contribution in [0.1, 0.15) is 13.8 Å². The first-order chi connectivity index (χ1) is 3.77. The molecule has 0 rings (SSSR count). The Kier molecular flexibility index (Phi) is 8.19. The minimum Gasteiger partial charge on any atom is -0.481 e. The van der Waals surface area contributed by atoms with E-state index in [4.69, 9.17) is 5.11 Å². The van der Waals surface area contributed by atoms with Crippen LogP contribution < -0.4 is 0 Å². The van der Waals surface area contributed by atoms with Crippen molar-refractivity contribution in [1.29, 1.82) is 0 Å². The van der Waals surface area contributed by atoms with Gasteiger partial charge < -0.3 is 5.11 Å². The van der Waals surface area contributed by atoms with Crippen LogP contribution in [-0.4, -0.2) is 23.7 Å². The molecule has 0 aliphatic rings. The van der Waals surface area contributed by atoms with Crippen molar-refractivity contribution in [1.82, 2.24) is 0 Å². The van der Waals surface area contributed by atoms with Crippen molar-refractivity contribution in [3.8, 4) is 0 Å². The Bertz CT molecular complexity index is 124. The number of aliphatic imine (C=N–C) groups is 1. The van der Waals surface area contributed by atoms with Gasteiger partial charge in [0.2, 0.25) is 6.08 Å². The molecular weight excluding hydrogens is 122 g/mol. The van der Waals surface area contributed by atoms with Gasteiger partial charge in [-0.15, -0.1) is 0 Å². The topological polar surface area (TPSA) is 66.7 Å². The molecule has 4 nitrogen and oxygen atoms in total. The number of aliphatic carboxylic acids is 1. The zero-order valence-corrected chi connectivity index (χ0v) is 4.13. The lowest BCUT2D eigenvalue weighted by atomic mass is 10.4. The van der Waals surface area contributed by atoms with E-state index < -0.39 is 5.97 Å². The fourth-order valence-electron chi connectivity index (χ4n) is 0.197. The van der Waals surface area contributed by atoms with Crippen LogP contribution in [0.4, 0.5) is 0 Å². The maximum atomic E-state index is 9.68. The van der Waals surface area contributed by atoms with Crippen LogP contribution in [0, 0.1) is 0 Å². The molecule has 0 saturated heterocycles. The van der Waals surface area contributed by atoms with Gasteiger partial charge in [0.05, 0.1) is 13.0 Å². The number of carboxylic acid groups (broad SMARTS) is 1. The number of nitrogens with zero attached hydrogens (tertiary/aromatic N) is 1. The summed E-state index contributed by atoms with van der Waals surface area (Å²) in [5.74, 6) is -0.955. The Morgan fingerprint density at radius 3 is 2.56 bits per heavy atom. The van der Waals surface area contributed by atoms with Gasteiger partial charge in [-0.3, -0.25) is 4.79 Å². The molecule has 9 heavy (non-hydrogen) atoms. The van der Waals surface area contributed by atoms with Crippen LogP contribution >= 0.6 is 0 Å². The predicted molar refractivity (Wildman–Crippen MR) is 32.0 cm³/mol. The van der Waals surface area contributed by atoms with Gasteiger partial charge in [0.1, 0.15) is 0 Å². The molecule has 0 aliphatic carbocycles. The smallest absolute Gasteiger partial charge is 0.305 e. The Morgan fingerprint density at radius 1 is 1.67 bits per heavy atom. The maximum absolute atomic E-state index is 9.68. The van der Waals surface area contributed by atoms with Crippen molar-refractivity contribution in [2.45, 2.75) is 13.8 Å². The van der Waals surface area contributed by atoms with E-state index in [1.165, 1.54) is 6.08 Å². The maximum Gasteiger partial charge on any atom is 0.305 e. The van der Waals surface area contributed by atoms with Gasteiger partial charge in [-0.2, -0.15) is 0 Å². The number of hydrogen-bond donors (Lipinski definition) is 1. The number of isocyanates is 1. The molecule has 0 radical (unpaired) electrons. The van der Waals surface area contributed by atoms with E-state index in [0.717, 1.165) is 0 Å². The summed E-state index contributed by atoms with van der Waals surface area (Å²) < 4.78 is 0. The zero-order valence-electron chi connectivity index (χ0n) is 4.13. The Balaban J connectivity index is 0. The number of hydrogen-bond acceptors (Lipinski definition) is 3. The molecule has 0 atom stereocenters. The van der Waals surface area contributed by atoms with Gasteiger partial charge in [-0.25, -0.2) is 9.79 Å². The number of carbonyl (C=O) groups is 1. The summed E-state index contributed by atoms with van der Waals surface area (Å²) in [4.78, 5) is 22.0. The van der Waals surface area contributed by atoms with E-state index in [2.05, 4.69) is 4.99 Å². The van der Waals surface area contributed by atoms with E-state index in [-0.39, 0.29) is 20.4 Å². The standard InChI is InChI=1S/C4H5NO3.CH4/c6-3-5-2-1-4(7)8;/h1-2H2,(H,7,8);1H4. The number of carboxylic acids is 1. The minimum absolute atomic E-state index is 0. The van der Waals surface area contributed by atoms with Crippen LogP contribution in [0.15, 0.2) is 4.99 Å². The van der Waals surface area contributed by atoms with Gasteiger partial charge in [0, 0.05) is 0 Å². The molecule has 0 saturated carbocycles. The minimum atomic E-state index is -0.955. The van der Waals surface area contributed by atoms with Crippen molar-refractivity contribution >= 4 is 12.0 Å². The molecule has 0 bridgehead atoms. The van der Waals surface area contributed by atoms with Crippen molar-refractivity contribution in [3.05, 3.63) is 0 Å². The Labute approximate surface area is 53.2 Å². The lowest BCUT2D eigenvalue weighted by Crippen LogP contribution is -1.95. The molecule has 0 aromatic carbocycles. The van der Waals surface area contributed by atoms with Crippen molar-refractivity contribution in [2.75, 3.05) is 6.54 Å². The van der Waals surface area contributed by atoms with E-state index in [1.807, 2.05) is 0 Å². The fourth-order valence-corrected chi connectivity index (χ4v) is 0.197. The third-order valence-electron chi connectivity index (χ3n) is 0.502. The van der Waals surface area contributed by atoms with Gasteiger partial charge in [-0.1, -0.05) is 7.43 Å². The first-order valence-electron chi connectivity index (χ1n) is 2.03. The Hall–Kier alpha value is -1.15. The molecule has 0 aromatic heterocycles. The van der Waals surface area contributed by atoms with Gasteiger partial charge in [0.25, 0.3) is 0 Å². The summed E-state index contributed by atoms with van der Waals surface area (Å²) in [5, 5.41) is 7.95. The molecule has 0 unspecified atom stereocenters. The van der Waals surface area contributed by atoms with E-state index >= 15 is 0 Å². The summed E-state index contributed by atoms with van der Waals surface area (Å²) >= 11 is 0. The average molecular weight is 131 g/mol. The second kappa shape index (κ2) is 6.85. The SMILES string of the molecule is C.O=C=NCCC(=O)O. The molecule has 0 heterocycles. The number of carbonyl (C=O) groups excluding carboxylic acids is 1. The monoisotopic (exact) mass is 131 g/mol. The van der Waals surface area contributed by atoms with E-state index in [0.29, 0.717) is 0 Å². The third-order valence-corrected chi connectivity index (χ3v) is 0.502. The van der Waals surface area contributed by atoms with Crippen LogP contribution in [0.3, 0.4) is 0 Å². The molecule has 1 N–H and O–H groups in total. The molecule has 4 heteroatoms. The summed E-state index contributed by atoms with van der Waals surface area (Å²) in [6, 6.07) is 0. The van der Waals surface area contributed by atoms with Gasteiger partial charge >= 0.3 is 5.97 Å². The van der Waals surface area contributed by atoms with Crippen LogP contribution in [0.25, 0.3) is 0 Å². The highest BCUT2D eigenvalue weighted by Crippen LogP contribution is 1.76. The molecular formula is C5H9NO3. The summed E-state index contributed by atoms with van der Waals surface area (Å²) in [7, 11) is 0. The van der Waals surface area contributed by atoms with E-state index in [1.54, 1.807) is 0 Å². The summed E-state index contributed by atoms with van der Waals surface area (Å²) in [6.07, 6.45) is 1.13. The van der Waals surface area contributed by atoms with Gasteiger partial charge in [-0.05, 0) is 0 Å². The molecule has 0 aliphatic heterocycles. The zero-order chi connectivity index (χ0) is 6.41. The van der Waals surface area contributed by atoms with Crippen molar-refractivity contribution in [3.63, 3.8) is 0 Å². The van der Waals surface area contributed by atoms with Crippen molar-refractivity contribution in [2.24, 2.45) is 4.99 Å². The van der Waals surface area contributed by atoms with Crippen LogP contribution in [-0.2, 0) is 9.59 Å². The van der Waals surface area contributed by atoms with Crippen LogP contribution in [0.5, 0.6) is 0 Å². The second-order valence-corrected chi connectivity index (χ2v) is 1.12. The first-order valence-corrected chi connectivity index (χ1v) is 2.03. The normalized spacial score (nSPS) is 6.67. The molecule has 0 fully saturated rings. The fraction of sp³-hybridized carbons (Fsp3) is 0.600. The van der Waals surface area contributed by atoms with Gasteiger partial charge in [0.15, 0.2) is 0 Å². The molecule has 0 amide bonds. The van der Waals surface area contributed by atoms with Crippen LogP contribution in [0.2, 0.25) is 0 Å². The number of rotatable bonds is 3. The quantitative estimate of drug-likeness (QED) is 0.446. The lowest BCUT2D eigenvalue weighted by Gasteiger charge is -1.80. The highest BCUT2D eigenvalue weighted by Gasteiger charge is 1.91. The summed E-state index contributed by atoms with van der Waals surface area (Å²) in [5.41, 5.74) is 0. The van der Waals surface area contributed by atoms with Crippen molar-refractivity contribution < 1.29 is 14.7 Å². The second-order valence-electron chi connectivity index (χ2n) is 1.12. The average Bonchev–Trinajstić information content (AvgIpc) is 1.66. The third kappa shape index (κ3) is 10.9. The first kappa shape index (κ1) is 10.8. The lowest BCUT2D eigenvalue weighted by molar-refractivity contribution is -0.136. The predicted octanol–water partition coefficient (Wildman–Crippen LogP) is 0.433. The summed E-state index contributed by atoms with van der Waals surface area (Å²) in [6.45, 7) is 0.0266. The highest BCUT2D eigenvalue weighted by atomic mass is 16.4.